The molecular weight excluding hydrogens is 241 g/mol. The van der Waals surface area contributed by atoms with Gasteiger partial charge in [-0.15, -0.1) is 0 Å². The van der Waals surface area contributed by atoms with Crippen molar-refractivity contribution in [3.05, 3.63) is 29.0 Å². The monoisotopic (exact) mass is 259 g/mol. The van der Waals surface area contributed by atoms with Gasteiger partial charge in [-0.2, -0.15) is 0 Å². The van der Waals surface area contributed by atoms with Crippen LogP contribution in [0.3, 0.4) is 0 Å². The van der Waals surface area contributed by atoms with E-state index in [1.807, 2.05) is 0 Å². The molecular formula is C13H19ClFNO. The third kappa shape index (κ3) is 4.92. The number of halogens is 2. The highest BCUT2D eigenvalue weighted by Crippen LogP contribution is 2.24. The molecule has 0 radical (unpaired) electrons. The fourth-order valence-electron chi connectivity index (χ4n) is 1.59. The molecule has 0 fully saturated rings. The first-order valence-corrected chi connectivity index (χ1v) is 6.36. The maximum Gasteiger partial charge on any atom is 0.140 e. The molecule has 1 aromatic carbocycles. The summed E-state index contributed by atoms with van der Waals surface area (Å²) in [5.41, 5.74) is 0. The minimum Gasteiger partial charge on any atom is -0.491 e. The summed E-state index contributed by atoms with van der Waals surface area (Å²) in [5, 5.41) is 3.80. The summed E-state index contributed by atoms with van der Waals surface area (Å²) in [6, 6.07) is 4.64. The molecule has 0 heterocycles. The predicted octanol–water partition coefficient (Wildman–Crippen LogP) is 3.64. The van der Waals surface area contributed by atoms with Gasteiger partial charge in [0.2, 0.25) is 0 Å². The number of hydrogen-bond donors (Lipinski definition) is 1. The Bertz CT molecular complexity index is 342. The molecule has 1 N–H and O–H groups in total. The van der Waals surface area contributed by atoms with Gasteiger partial charge in [-0.3, -0.25) is 0 Å². The van der Waals surface area contributed by atoms with Crippen LogP contribution >= 0.6 is 11.6 Å². The molecule has 0 amide bonds. The molecule has 0 unspecified atom stereocenters. The third-order valence-electron chi connectivity index (χ3n) is 2.67. The van der Waals surface area contributed by atoms with Crippen molar-refractivity contribution in [3.8, 4) is 5.75 Å². The Kier molecular flexibility index (Phi) is 6.30. The first kappa shape index (κ1) is 14.3. The van der Waals surface area contributed by atoms with Crippen LogP contribution in [0.5, 0.6) is 5.75 Å². The summed E-state index contributed by atoms with van der Waals surface area (Å²) < 4.78 is 18.4. The summed E-state index contributed by atoms with van der Waals surface area (Å²) in [6.07, 6.45) is 2.19. The summed E-state index contributed by atoms with van der Waals surface area (Å²) >= 11 is 5.88. The fraction of sp³-hybridized carbons (Fsp3) is 0.538. The van der Waals surface area contributed by atoms with Crippen LogP contribution in [-0.4, -0.2) is 19.2 Å². The van der Waals surface area contributed by atoms with E-state index in [0.717, 1.165) is 19.4 Å². The van der Waals surface area contributed by atoms with Gasteiger partial charge in [0.05, 0.1) is 5.02 Å². The van der Waals surface area contributed by atoms with Crippen molar-refractivity contribution >= 4 is 11.6 Å². The molecule has 4 heteroatoms. The van der Waals surface area contributed by atoms with Crippen molar-refractivity contribution < 1.29 is 9.13 Å². The van der Waals surface area contributed by atoms with Crippen LogP contribution in [0.4, 0.5) is 4.39 Å². The van der Waals surface area contributed by atoms with Crippen molar-refractivity contribution in [2.24, 2.45) is 0 Å². The van der Waals surface area contributed by atoms with E-state index in [2.05, 4.69) is 19.2 Å². The summed E-state index contributed by atoms with van der Waals surface area (Å²) in [6.45, 7) is 5.51. The van der Waals surface area contributed by atoms with Crippen LogP contribution in [0.1, 0.15) is 26.7 Å². The van der Waals surface area contributed by atoms with E-state index >= 15 is 0 Å². The van der Waals surface area contributed by atoms with E-state index < -0.39 is 0 Å². The molecule has 0 saturated carbocycles. The van der Waals surface area contributed by atoms with Gasteiger partial charge < -0.3 is 10.1 Å². The van der Waals surface area contributed by atoms with Crippen LogP contribution in [0.15, 0.2) is 18.2 Å². The lowest BCUT2D eigenvalue weighted by molar-refractivity contribution is 0.301. The molecule has 0 bridgehead atoms. The zero-order valence-corrected chi connectivity index (χ0v) is 11.1. The van der Waals surface area contributed by atoms with Crippen LogP contribution in [-0.2, 0) is 0 Å². The lowest BCUT2D eigenvalue weighted by Gasteiger charge is -2.15. The standard InChI is InChI=1S/C13H19ClFNO/c1-3-11(4-2)16-7-8-17-13-9-10(15)5-6-12(13)14/h5-6,9,11,16H,3-4,7-8H2,1-2H3. The van der Waals surface area contributed by atoms with Gasteiger partial charge in [0.25, 0.3) is 0 Å². The number of benzene rings is 1. The Balaban J connectivity index is 2.33. The van der Waals surface area contributed by atoms with Gasteiger partial charge in [-0.05, 0) is 25.0 Å². The van der Waals surface area contributed by atoms with E-state index in [1.165, 1.54) is 18.2 Å². The summed E-state index contributed by atoms with van der Waals surface area (Å²) in [7, 11) is 0. The Morgan fingerprint density at radius 1 is 1.35 bits per heavy atom. The summed E-state index contributed by atoms with van der Waals surface area (Å²) in [5.74, 6) is 0.0652. The molecule has 0 aromatic heterocycles. The topological polar surface area (TPSA) is 21.3 Å². The molecule has 1 aromatic rings. The van der Waals surface area contributed by atoms with Crippen LogP contribution in [0, 0.1) is 5.82 Å². The Morgan fingerprint density at radius 2 is 2.06 bits per heavy atom. The van der Waals surface area contributed by atoms with Crippen molar-refractivity contribution in [2.45, 2.75) is 32.7 Å². The van der Waals surface area contributed by atoms with E-state index in [0.29, 0.717) is 23.4 Å². The van der Waals surface area contributed by atoms with Crippen LogP contribution in [0.2, 0.25) is 5.02 Å². The van der Waals surface area contributed by atoms with E-state index in [-0.39, 0.29) is 5.82 Å². The van der Waals surface area contributed by atoms with E-state index in [1.54, 1.807) is 0 Å². The Hall–Kier alpha value is -0.800. The lowest BCUT2D eigenvalue weighted by Crippen LogP contribution is -2.31. The second-order valence-corrected chi connectivity index (χ2v) is 4.30. The van der Waals surface area contributed by atoms with Crippen molar-refractivity contribution in [3.63, 3.8) is 0 Å². The highest BCUT2D eigenvalue weighted by Gasteiger charge is 2.04. The predicted molar refractivity (Wildman–Crippen MR) is 69.3 cm³/mol. The second kappa shape index (κ2) is 7.51. The van der Waals surface area contributed by atoms with Gasteiger partial charge in [0.15, 0.2) is 0 Å². The molecule has 1 rings (SSSR count). The van der Waals surface area contributed by atoms with Crippen molar-refractivity contribution in [1.29, 1.82) is 0 Å². The first-order valence-electron chi connectivity index (χ1n) is 5.98. The highest BCUT2D eigenvalue weighted by atomic mass is 35.5. The highest BCUT2D eigenvalue weighted by molar-refractivity contribution is 6.32. The van der Waals surface area contributed by atoms with Gasteiger partial charge in [-0.1, -0.05) is 25.4 Å². The lowest BCUT2D eigenvalue weighted by atomic mass is 10.2. The quantitative estimate of drug-likeness (QED) is 0.755. The Labute approximate surface area is 107 Å². The van der Waals surface area contributed by atoms with Gasteiger partial charge in [0, 0.05) is 18.7 Å². The molecule has 0 atom stereocenters. The number of ether oxygens (including phenoxy) is 1. The smallest absolute Gasteiger partial charge is 0.140 e. The SMILES string of the molecule is CCC(CC)NCCOc1cc(F)ccc1Cl. The number of rotatable bonds is 7. The largest absolute Gasteiger partial charge is 0.491 e. The molecule has 0 aliphatic carbocycles. The molecule has 96 valence electrons. The zero-order valence-electron chi connectivity index (χ0n) is 10.3. The van der Waals surface area contributed by atoms with Gasteiger partial charge in [-0.25, -0.2) is 4.39 Å². The minimum absolute atomic E-state index is 0.336. The Morgan fingerprint density at radius 3 is 2.71 bits per heavy atom. The minimum atomic E-state index is -0.336. The summed E-state index contributed by atoms with van der Waals surface area (Å²) in [4.78, 5) is 0. The van der Waals surface area contributed by atoms with Crippen molar-refractivity contribution in [2.75, 3.05) is 13.2 Å². The van der Waals surface area contributed by atoms with Crippen molar-refractivity contribution in [1.82, 2.24) is 5.32 Å². The number of nitrogens with one attached hydrogen (secondary N) is 1. The van der Waals surface area contributed by atoms with Crippen LogP contribution < -0.4 is 10.1 Å². The fourth-order valence-corrected chi connectivity index (χ4v) is 1.76. The number of hydrogen-bond acceptors (Lipinski definition) is 2. The maximum atomic E-state index is 12.9. The third-order valence-corrected chi connectivity index (χ3v) is 2.98. The second-order valence-electron chi connectivity index (χ2n) is 3.89. The average Bonchev–Trinajstić information content (AvgIpc) is 2.33. The molecule has 0 aliphatic rings. The van der Waals surface area contributed by atoms with E-state index in [4.69, 9.17) is 16.3 Å². The van der Waals surface area contributed by atoms with Crippen LogP contribution in [0.25, 0.3) is 0 Å². The molecule has 0 saturated heterocycles. The first-order chi connectivity index (χ1) is 8.17. The van der Waals surface area contributed by atoms with Gasteiger partial charge in [0.1, 0.15) is 18.2 Å². The van der Waals surface area contributed by atoms with E-state index in [9.17, 15) is 4.39 Å². The molecule has 2 nitrogen and oxygen atoms in total. The van der Waals surface area contributed by atoms with Gasteiger partial charge >= 0.3 is 0 Å². The average molecular weight is 260 g/mol. The molecule has 17 heavy (non-hydrogen) atoms. The zero-order chi connectivity index (χ0) is 12.7. The molecule has 0 aliphatic heterocycles. The molecule has 0 spiro atoms. The maximum absolute atomic E-state index is 12.9. The normalized spacial score (nSPS) is 10.9.